The Kier molecular flexibility index (Phi) is 5.80. The Balaban J connectivity index is 2.08. The number of nitrogens with one attached hydrogen (secondary N) is 1. The highest BCUT2D eigenvalue weighted by molar-refractivity contribution is 6.30. The van der Waals surface area contributed by atoms with Gasteiger partial charge >= 0.3 is 0 Å². The summed E-state index contributed by atoms with van der Waals surface area (Å²) >= 11 is 6.00. The van der Waals surface area contributed by atoms with Gasteiger partial charge in [0.25, 0.3) is 5.91 Å². The SMILES string of the molecule is Cc1c(C(=O)NCC(C)CC(C)O)cnn1-c1cccc(Cl)c1. The molecule has 124 valence electrons. The summed E-state index contributed by atoms with van der Waals surface area (Å²) in [6, 6.07) is 7.32. The number of carbonyl (C=O) groups excluding carboxylic acids is 1. The number of hydrogen-bond acceptors (Lipinski definition) is 3. The molecule has 0 aliphatic carbocycles. The Morgan fingerprint density at radius 1 is 1.43 bits per heavy atom. The summed E-state index contributed by atoms with van der Waals surface area (Å²) < 4.78 is 1.69. The molecular formula is C17H22ClN3O2. The van der Waals surface area contributed by atoms with Crippen molar-refractivity contribution in [3.63, 3.8) is 0 Å². The first-order chi connectivity index (χ1) is 10.9. The maximum Gasteiger partial charge on any atom is 0.254 e. The van der Waals surface area contributed by atoms with Crippen LogP contribution >= 0.6 is 11.6 Å². The average Bonchev–Trinajstić information content (AvgIpc) is 2.86. The minimum absolute atomic E-state index is 0.159. The zero-order valence-electron chi connectivity index (χ0n) is 13.6. The molecule has 2 N–H and O–H groups in total. The summed E-state index contributed by atoms with van der Waals surface area (Å²) in [6.45, 7) is 6.11. The first-order valence-corrected chi connectivity index (χ1v) is 8.03. The van der Waals surface area contributed by atoms with Crippen molar-refractivity contribution in [1.82, 2.24) is 15.1 Å². The number of amides is 1. The molecule has 1 heterocycles. The fourth-order valence-electron chi connectivity index (χ4n) is 2.53. The van der Waals surface area contributed by atoms with Crippen molar-refractivity contribution >= 4 is 17.5 Å². The molecule has 2 unspecified atom stereocenters. The molecule has 2 atom stereocenters. The first kappa shape index (κ1) is 17.5. The molecule has 23 heavy (non-hydrogen) atoms. The fraction of sp³-hybridized carbons (Fsp3) is 0.412. The molecule has 6 heteroatoms. The maximum atomic E-state index is 12.3. The molecule has 1 aromatic heterocycles. The highest BCUT2D eigenvalue weighted by atomic mass is 35.5. The van der Waals surface area contributed by atoms with Gasteiger partial charge in [-0.3, -0.25) is 4.79 Å². The van der Waals surface area contributed by atoms with Crippen molar-refractivity contribution in [2.75, 3.05) is 6.54 Å². The number of halogens is 1. The van der Waals surface area contributed by atoms with Crippen molar-refractivity contribution in [3.05, 3.63) is 46.7 Å². The second kappa shape index (κ2) is 7.62. The van der Waals surface area contributed by atoms with Crippen molar-refractivity contribution in [2.45, 2.75) is 33.3 Å². The third kappa shape index (κ3) is 4.56. The van der Waals surface area contributed by atoms with Gasteiger partial charge in [-0.1, -0.05) is 24.6 Å². The Morgan fingerprint density at radius 2 is 2.17 bits per heavy atom. The van der Waals surface area contributed by atoms with Gasteiger partial charge in [-0.2, -0.15) is 5.10 Å². The quantitative estimate of drug-likeness (QED) is 0.852. The summed E-state index contributed by atoms with van der Waals surface area (Å²) in [6.07, 6.45) is 1.85. The van der Waals surface area contributed by atoms with Gasteiger partial charge in [-0.05, 0) is 44.4 Å². The third-order valence-electron chi connectivity index (χ3n) is 3.66. The van der Waals surface area contributed by atoms with E-state index in [2.05, 4.69) is 10.4 Å². The van der Waals surface area contributed by atoms with Crippen molar-refractivity contribution in [2.24, 2.45) is 5.92 Å². The molecule has 0 aliphatic heterocycles. The van der Waals surface area contributed by atoms with Crippen LogP contribution in [0.5, 0.6) is 0 Å². The minimum atomic E-state index is -0.366. The number of carbonyl (C=O) groups is 1. The highest BCUT2D eigenvalue weighted by Gasteiger charge is 2.16. The van der Waals surface area contributed by atoms with E-state index in [1.54, 1.807) is 29.9 Å². The number of aromatic nitrogens is 2. The monoisotopic (exact) mass is 335 g/mol. The lowest BCUT2D eigenvalue weighted by molar-refractivity contribution is 0.0938. The number of rotatable bonds is 6. The van der Waals surface area contributed by atoms with Gasteiger partial charge in [-0.25, -0.2) is 4.68 Å². The predicted octanol–water partition coefficient (Wildman–Crippen LogP) is 2.97. The average molecular weight is 336 g/mol. The lowest BCUT2D eigenvalue weighted by Crippen LogP contribution is -2.29. The van der Waals surface area contributed by atoms with Gasteiger partial charge < -0.3 is 10.4 Å². The zero-order valence-corrected chi connectivity index (χ0v) is 14.3. The van der Waals surface area contributed by atoms with Gasteiger partial charge in [0, 0.05) is 11.6 Å². The number of benzene rings is 1. The van der Waals surface area contributed by atoms with Crippen LogP contribution in [0, 0.1) is 12.8 Å². The van der Waals surface area contributed by atoms with E-state index in [0.29, 0.717) is 23.6 Å². The molecule has 0 bridgehead atoms. The smallest absolute Gasteiger partial charge is 0.254 e. The predicted molar refractivity (Wildman–Crippen MR) is 91.1 cm³/mol. The zero-order chi connectivity index (χ0) is 17.0. The molecule has 0 spiro atoms. The van der Waals surface area contributed by atoms with Crippen LogP contribution in [0.15, 0.2) is 30.5 Å². The summed E-state index contributed by atoms with van der Waals surface area (Å²) in [4.78, 5) is 12.3. The number of aliphatic hydroxyl groups excluding tert-OH is 1. The van der Waals surface area contributed by atoms with E-state index in [0.717, 1.165) is 11.4 Å². The molecule has 0 fully saturated rings. The molecule has 0 saturated heterocycles. The van der Waals surface area contributed by atoms with E-state index in [1.165, 1.54) is 0 Å². The van der Waals surface area contributed by atoms with Gasteiger partial charge in [-0.15, -0.1) is 0 Å². The molecule has 0 saturated carbocycles. The van der Waals surface area contributed by atoms with Crippen LogP contribution in [-0.4, -0.2) is 33.4 Å². The van der Waals surface area contributed by atoms with Crippen LogP contribution < -0.4 is 5.32 Å². The van der Waals surface area contributed by atoms with E-state index in [1.807, 2.05) is 26.0 Å². The van der Waals surface area contributed by atoms with E-state index in [-0.39, 0.29) is 17.9 Å². The van der Waals surface area contributed by atoms with Crippen LogP contribution in [-0.2, 0) is 0 Å². The van der Waals surface area contributed by atoms with Crippen molar-refractivity contribution < 1.29 is 9.90 Å². The van der Waals surface area contributed by atoms with E-state index >= 15 is 0 Å². The van der Waals surface area contributed by atoms with E-state index < -0.39 is 0 Å². The van der Waals surface area contributed by atoms with Gasteiger partial charge in [0.15, 0.2) is 0 Å². The lowest BCUT2D eigenvalue weighted by Gasteiger charge is -2.14. The van der Waals surface area contributed by atoms with Gasteiger partial charge in [0.1, 0.15) is 0 Å². The second-order valence-corrected chi connectivity index (χ2v) is 6.37. The summed E-state index contributed by atoms with van der Waals surface area (Å²) in [5.41, 5.74) is 2.11. The molecule has 5 nitrogen and oxygen atoms in total. The van der Waals surface area contributed by atoms with Gasteiger partial charge in [0.2, 0.25) is 0 Å². The van der Waals surface area contributed by atoms with Crippen LogP contribution in [0.3, 0.4) is 0 Å². The third-order valence-corrected chi connectivity index (χ3v) is 3.90. The highest BCUT2D eigenvalue weighted by Crippen LogP contribution is 2.18. The Labute approximate surface area is 141 Å². The van der Waals surface area contributed by atoms with Gasteiger partial charge in [0.05, 0.1) is 29.2 Å². The number of hydrogen-bond donors (Lipinski definition) is 2. The van der Waals surface area contributed by atoms with Crippen LogP contribution in [0.25, 0.3) is 5.69 Å². The summed E-state index contributed by atoms with van der Waals surface area (Å²) in [5.74, 6) is 0.0513. The topological polar surface area (TPSA) is 67.2 Å². The summed E-state index contributed by atoms with van der Waals surface area (Å²) in [7, 11) is 0. The molecule has 0 radical (unpaired) electrons. The number of aliphatic hydroxyl groups is 1. The Hall–Kier alpha value is -1.85. The molecular weight excluding hydrogens is 314 g/mol. The molecule has 2 rings (SSSR count). The molecule has 2 aromatic rings. The Morgan fingerprint density at radius 3 is 2.83 bits per heavy atom. The van der Waals surface area contributed by atoms with Crippen molar-refractivity contribution in [3.8, 4) is 5.69 Å². The first-order valence-electron chi connectivity index (χ1n) is 7.65. The summed E-state index contributed by atoms with van der Waals surface area (Å²) in [5, 5.41) is 17.2. The maximum absolute atomic E-state index is 12.3. The van der Waals surface area contributed by atoms with Crippen molar-refractivity contribution in [1.29, 1.82) is 0 Å². The molecule has 0 aliphatic rings. The van der Waals surface area contributed by atoms with E-state index in [9.17, 15) is 9.90 Å². The normalized spacial score (nSPS) is 13.6. The standard InChI is InChI=1S/C17H22ClN3O2/c1-11(7-12(2)22)9-19-17(23)16-10-20-21(13(16)3)15-6-4-5-14(18)8-15/h4-6,8,10-12,22H,7,9H2,1-3H3,(H,19,23). The molecule has 1 aromatic carbocycles. The Bertz CT molecular complexity index is 682. The lowest BCUT2D eigenvalue weighted by atomic mass is 10.0. The fourth-order valence-corrected chi connectivity index (χ4v) is 2.71. The minimum Gasteiger partial charge on any atom is -0.393 e. The second-order valence-electron chi connectivity index (χ2n) is 5.94. The van der Waals surface area contributed by atoms with Crippen LogP contribution in [0.1, 0.15) is 36.3 Å². The van der Waals surface area contributed by atoms with Crippen LogP contribution in [0.2, 0.25) is 5.02 Å². The largest absolute Gasteiger partial charge is 0.393 e. The van der Waals surface area contributed by atoms with Crippen LogP contribution in [0.4, 0.5) is 0 Å². The molecule has 1 amide bonds. The number of nitrogens with zero attached hydrogens (tertiary/aromatic N) is 2. The van der Waals surface area contributed by atoms with E-state index in [4.69, 9.17) is 11.6 Å².